The molecule has 3 rings (SSSR count). The number of ether oxygens (including phenoxy) is 1. The van der Waals surface area contributed by atoms with Crippen molar-refractivity contribution in [3.05, 3.63) is 54.6 Å². The molecule has 0 N–H and O–H groups in total. The Morgan fingerprint density at radius 2 is 1.55 bits per heavy atom. The molecular weight excluding hydrogens is 264 g/mol. The van der Waals surface area contributed by atoms with Crippen molar-refractivity contribution in [1.29, 1.82) is 0 Å². The van der Waals surface area contributed by atoms with Crippen molar-refractivity contribution in [2.45, 2.75) is 19.3 Å². The molecule has 1 aliphatic rings. The fourth-order valence-corrected chi connectivity index (χ4v) is 3.04. The molecule has 1 aliphatic carbocycles. The molecule has 0 spiro atoms. The Labute approximate surface area is 126 Å². The molecule has 104 valence electrons. The summed E-state index contributed by atoms with van der Waals surface area (Å²) in [5, 5.41) is 0. The first-order chi connectivity index (χ1) is 9.81. The first-order valence-corrected chi connectivity index (χ1v) is 7.84. The Kier molecular flexibility index (Phi) is 4.02. The minimum Gasteiger partial charge on any atom is -0.493 e. The van der Waals surface area contributed by atoms with Gasteiger partial charge in [-0.1, -0.05) is 48.9 Å². The SMILES string of the molecule is SCC1(COc2ccc(-c3ccccc3)cc2)CCC1. The lowest BCUT2D eigenvalue weighted by atomic mass is 9.71. The quantitative estimate of drug-likeness (QED) is 0.773. The molecule has 1 nitrogen and oxygen atoms in total. The summed E-state index contributed by atoms with van der Waals surface area (Å²) in [4.78, 5) is 0. The summed E-state index contributed by atoms with van der Waals surface area (Å²) in [6.45, 7) is 0.793. The summed E-state index contributed by atoms with van der Waals surface area (Å²) in [7, 11) is 0. The maximum absolute atomic E-state index is 5.95. The molecular formula is C18H20OS. The van der Waals surface area contributed by atoms with E-state index in [0.717, 1.165) is 18.1 Å². The van der Waals surface area contributed by atoms with E-state index < -0.39 is 0 Å². The van der Waals surface area contributed by atoms with E-state index in [1.54, 1.807) is 0 Å². The van der Waals surface area contributed by atoms with Gasteiger partial charge in [0, 0.05) is 5.41 Å². The largest absolute Gasteiger partial charge is 0.493 e. The van der Waals surface area contributed by atoms with Gasteiger partial charge in [0.15, 0.2) is 0 Å². The molecule has 2 aromatic rings. The number of benzene rings is 2. The summed E-state index contributed by atoms with van der Waals surface area (Å²) in [5.74, 6) is 1.88. The lowest BCUT2D eigenvalue weighted by molar-refractivity contribution is 0.0830. The van der Waals surface area contributed by atoms with Gasteiger partial charge in [0.25, 0.3) is 0 Å². The van der Waals surface area contributed by atoms with E-state index in [1.807, 2.05) is 6.07 Å². The van der Waals surface area contributed by atoms with Gasteiger partial charge in [-0.3, -0.25) is 0 Å². The van der Waals surface area contributed by atoms with Gasteiger partial charge in [-0.25, -0.2) is 0 Å². The number of thiol groups is 1. The molecule has 1 saturated carbocycles. The fourth-order valence-electron chi connectivity index (χ4n) is 2.64. The molecule has 0 heterocycles. The van der Waals surface area contributed by atoms with Crippen LogP contribution >= 0.6 is 12.6 Å². The van der Waals surface area contributed by atoms with Crippen molar-refractivity contribution in [2.24, 2.45) is 5.41 Å². The molecule has 0 atom stereocenters. The lowest BCUT2D eigenvalue weighted by Gasteiger charge is -2.40. The topological polar surface area (TPSA) is 9.23 Å². The zero-order valence-electron chi connectivity index (χ0n) is 11.6. The van der Waals surface area contributed by atoms with Crippen LogP contribution in [0, 0.1) is 5.41 Å². The van der Waals surface area contributed by atoms with Crippen molar-refractivity contribution >= 4 is 12.6 Å². The highest BCUT2D eigenvalue weighted by atomic mass is 32.1. The highest BCUT2D eigenvalue weighted by Gasteiger charge is 2.36. The molecule has 0 saturated heterocycles. The lowest BCUT2D eigenvalue weighted by Crippen LogP contribution is -2.37. The van der Waals surface area contributed by atoms with Gasteiger partial charge in [0.2, 0.25) is 0 Å². The number of hydrogen-bond donors (Lipinski definition) is 1. The van der Waals surface area contributed by atoms with E-state index >= 15 is 0 Å². The predicted molar refractivity (Wildman–Crippen MR) is 87.5 cm³/mol. The van der Waals surface area contributed by atoms with Crippen LogP contribution in [0.15, 0.2) is 54.6 Å². The summed E-state index contributed by atoms with van der Waals surface area (Å²) < 4.78 is 5.95. The van der Waals surface area contributed by atoms with Crippen molar-refractivity contribution in [3.8, 4) is 16.9 Å². The van der Waals surface area contributed by atoms with Crippen LogP contribution in [0.4, 0.5) is 0 Å². The first kappa shape index (κ1) is 13.6. The minimum absolute atomic E-state index is 0.321. The Balaban J connectivity index is 1.65. The second-order valence-corrected chi connectivity index (χ2v) is 6.01. The normalized spacial score (nSPS) is 16.4. The van der Waals surface area contributed by atoms with E-state index in [1.165, 1.54) is 30.4 Å². The van der Waals surface area contributed by atoms with Crippen LogP contribution in [-0.4, -0.2) is 12.4 Å². The van der Waals surface area contributed by atoms with Crippen molar-refractivity contribution in [2.75, 3.05) is 12.4 Å². The van der Waals surface area contributed by atoms with Crippen LogP contribution in [0.5, 0.6) is 5.75 Å². The van der Waals surface area contributed by atoms with Gasteiger partial charge >= 0.3 is 0 Å². The van der Waals surface area contributed by atoms with Crippen molar-refractivity contribution < 1.29 is 4.74 Å². The van der Waals surface area contributed by atoms with Gasteiger partial charge in [-0.2, -0.15) is 12.6 Å². The third-order valence-electron chi connectivity index (χ3n) is 4.26. The number of rotatable bonds is 5. The van der Waals surface area contributed by atoms with Crippen molar-refractivity contribution in [3.63, 3.8) is 0 Å². The molecule has 2 aromatic carbocycles. The zero-order chi connectivity index (χ0) is 13.8. The third-order valence-corrected chi connectivity index (χ3v) is 4.93. The fraction of sp³-hybridized carbons (Fsp3) is 0.333. The van der Waals surface area contributed by atoms with E-state index in [4.69, 9.17) is 4.74 Å². The predicted octanol–water partition coefficient (Wildman–Crippen LogP) is 4.83. The zero-order valence-corrected chi connectivity index (χ0v) is 12.5. The molecule has 0 radical (unpaired) electrons. The van der Waals surface area contributed by atoms with Gasteiger partial charge < -0.3 is 4.74 Å². The van der Waals surface area contributed by atoms with Crippen LogP contribution < -0.4 is 4.74 Å². The monoisotopic (exact) mass is 284 g/mol. The van der Waals surface area contributed by atoms with Crippen LogP contribution in [0.1, 0.15) is 19.3 Å². The Hall–Kier alpha value is -1.41. The van der Waals surface area contributed by atoms with E-state index in [0.29, 0.717) is 5.41 Å². The Bertz CT molecular complexity index is 538. The molecule has 0 aromatic heterocycles. The smallest absolute Gasteiger partial charge is 0.119 e. The van der Waals surface area contributed by atoms with Crippen LogP contribution in [0.2, 0.25) is 0 Å². The highest BCUT2D eigenvalue weighted by Crippen LogP contribution is 2.42. The highest BCUT2D eigenvalue weighted by molar-refractivity contribution is 7.80. The maximum Gasteiger partial charge on any atom is 0.119 e. The van der Waals surface area contributed by atoms with Crippen LogP contribution in [-0.2, 0) is 0 Å². The average molecular weight is 284 g/mol. The first-order valence-electron chi connectivity index (χ1n) is 7.21. The Morgan fingerprint density at radius 3 is 2.10 bits per heavy atom. The summed E-state index contributed by atoms with van der Waals surface area (Å²) in [6, 6.07) is 18.8. The number of hydrogen-bond acceptors (Lipinski definition) is 2. The Morgan fingerprint density at radius 1 is 0.900 bits per heavy atom. The van der Waals surface area contributed by atoms with Gasteiger partial charge in [0.1, 0.15) is 5.75 Å². The molecule has 1 fully saturated rings. The minimum atomic E-state index is 0.321. The second-order valence-electron chi connectivity index (χ2n) is 5.69. The van der Waals surface area contributed by atoms with Gasteiger partial charge in [-0.15, -0.1) is 0 Å². The third kappa shape index (κ3) is 2.85. The summed E-state index contributed by atoms with van der Waals surface area (Å²) in [6.07, 6.45) is 3.81. The van der Waals surface area contributed by atoms with Crippen LogP contribution in [0.25, 0.3) is 11.1 Å². The molecule has 0 amide bonds. The molecule has 20 heavy (non-hydrogen) atoms. The summed E-state index contributed by atoms with van der Waals surface area (Å²) in [5.41, 5.74) is 2.79. The van der Waals surface area contributed by atoms with E-state index in [-0.39, 0.29) is 0 Å². The molecule has 0 bridgehead atoms. The van der Waals surface area contributed by atoms with Crippen molar-refractivity contribution in [1.82, 2.24) is 0 Å². The standard InChI is InChI=1S/C18H20OS/c20-14-18(11-4-12-18)13-19-17-9-7-16(8-10-17)15-5-2-1-3-6-15/h1-3,5-10,20H,4,11-14H2. The molecule has 2 heteroatoms. The summed E-state index contributed by atoms with van der Waals surface area (Å²) >= 11 is 4.46. The van der Waals surface area contributed by atoms with E-state index in [2.05, 4.69) is 61.2 Å². The second kappa shape index (κ2) is 5.92. The van der Waals surface area contributed by atoms with E-state index in [9.17, 15) is 0 Å². The van der Waals surface area contributed by atoms with Crippen LogP contribution in [0.3, 0.4) is 0 Å². The molecule has 0 unspecified atom stereocenters. The molecule has 0 aliphatic heterocycles. The van der Waals surface area contributed by atoms with Gasteiger partial charge in [-0.05, 0) is 41.9 Å². The maximum atomic E-state index is 5.95. The average Bonchev–Trinajstić information content (AvgIpc) is 2.48. The van der Waals surface area contributed by atoms with Gasteiger partial charge in [0.05, 0.1) is 6.61 Å².